The lowest BCUT2D eigenvalue weighted by Crippen LogP contribution is -1.93. The Labute approximate surface area is 278 Å². The molecule has 0 amide bonds. The highest BCUT2D eigenvalue weighted by molar-refractivity contribution is 7.98. The van der Waals surface area contributed by atoms with Crippen molar-refractivity contribution in [1.29, 1.82) is 0 Å². The van der Waals surface area contributed by atoms with E-state index in [0.29, 0.717) is 34.6 Å². The summed E-state index contributed by atoms with van der Waals surface area (Å²) in [4.78, 5) is 35.6. The Bertz CT molecular complexity index is 2640. The quantitative estimate of drug-likeness (QED) is 0.202. The third-order valence-electron chi connectivity index (χ3n) is 8.85. The van der Waals surface area contributed by atoms with Crippen LogP contribution in [0.4, 0.5) is 0 Å². The van der Waals surface area contributed by atoms with E-state index in [1.165, 1.54) is 0 Å². The predicted octanol–water partition coefficient (Wildman–Crippen LogP) is 9.21. The molecule has 5 heterocycles. The minimum atomic E-state index is 0.591. The van der Waals surface area contributed by atoms with Crippen molar-refractivity contribution in [2.24, 2.45) is 0 Å². The fraction of sp³-hybridized carbons (Fsp3) is 0.0256. The van der Waals surface area contributed by atoms with Gasteiger partial charge < -0.3 is 4.98 Å². The Morgan fingerprint density at radius 2 is 0.833 bits per heavy atom. The molecule has 0 aliphatic carbocycles. The van der Waals surface area contributed by atoms with Crippen LogP contribution in [-0.4, -0.2) is 38.9 Å². The van der Waals surface area contributed by atoms with E-state index in [-0.39, 0.29) is 0 Å². The van der Waals surface area contributed by atoms with E-state index in [1.54, 1.807) is 11.9 Å². The molecule has 8 bridgehead atoms. The van der Waals surface area contributed by atoms with Gasteiger partial charge in [-0.05, 0) is 30.5 Å². The van der Waals surface area contributed by atoms with Gasteiger partial charge in [0, 0.05) is 48.7 Å². The van der Waals surface area contributed by atoms with Gasteiger partial charge >= 0.3 is 0 Å². The average molecular weight is 637 g/mol. The molecule has 0 unspecified atom stereocenters. The van der Waals surface area contributed by atoms with Crippen LogP contribution in [0.2, 0.25) is 0 Å². The zero-order valence-electron chi connectivity index (χ0n) is 25.6. The molecular formula is C39H24N8S. The summed E-state index contributed by atoms with van der Waals surface area (Å²) in [7, 11) is 0. The van der Waals surface area contributed by atoms with Crippen molar-refractivity contribution in [2.45, 2.75) is 11.8 Å². The van der Waals surface area contributed by atoms with E-state index in [2.05, 4.69) is 76.5 Å². The van der Waals surface area contributed by atoms with Crippen LogP contribution in [0, 0.1) is 6.92 Å². The summed E-state index contributed by atoms with van der Waals surface area (Å²) in [6.45, 7) is 2.12. The molecule has 0 spiro atoms. The minimum Gasteiger partial charge on any atom is -0.324 e. The summed E-state index contributed by atoms with van der Waals surface area (Å²) in [6.07, 6.45) is 0. The molecule has 0 saturated carbocycles. The second-order valence-electron chi connectivity index (χ2n) is 11.8. The van der Waals surface area contributed by atoms with Crippen molar-refractivity contribution in [1.82, 2.24) is 38.9 Å². The SMILES string of the molecule is Cc1ccccc1Sn1c2nc3nc(nc4[nH]c(nc5nc(nc1c1ccccc12)-c1ccccc1-5)c1ccccc41)-c1ccccc1-3. The summed E-state index contributed by atoms with van der Waals surface area (Å²) in [5.74, 6) is 2.37. The number of hydrogen-bond donors (Lipinski definition) is 1. The molecule has 2 aliphatic rings. The second kappa shape index (κ2) is 10.4. The van der Waals surface area contributed by atoms with Crippen LogP contribution in [0.3, 0.4) is 0 Å². The van der Waals surface area contributed by atoms with Crippen molar-refractivity contribution < 1.29 is 0 Å². The van der Waals surface area contributed by atoms with Gasteiger partial charge in [0.2, 0.25) is 0 Å². The van der Waals surface area contributed by atoms with E-state index in [4.69, 9.17) is 29.9 Å². The zero-order valence-corrected chi connectivity index (χ0v) is 26.4. The smallest absolute Gasteiger partial charge is 0.164 e. The standard InChI is InChI=1S/C39H24N8S/c1-22-12-2-11-21-31(22)48-47-38-29-19-9-10-20-30(29)39(47)46-37-28-18-8-6-16-26(28)35(44-37)42-33-24-14-4-3-13-23(24)32(40-33)41-34-25-15-5-7-17-27(25)36(43-34)45-38/h2-21H,1H3,(H,40,41,42,43,44,45,46). The number of aromatic nitrogens is 8. The number of aromatic amines is 1. The van der Waals surface area contributed by atoms with E-state index >= 15 is 0 Å². The van der Waals surface area contributed by atoms with Crippen molar-refractivity contribution in [3.05, 3.63) is 127 Å². The maximum Gasteiger partial charge on any atom is 0.164 e. The maximum atomic E-state index is 5.34. The number of fused-ring (bicyclic) bond motifs is 20. The van der Waals surface area contributed by atoms with Gasteiger partial charge in [-0.2, -0.15) is 0 Å². The maximum absolute atomic E-state index is 5.34. The number of H-pyrrole nitrogens is 1. The Hall–Kier alpha value is -6.19. The van der Waals surface area contributed by atoms with Crippen LogP contribution in [0.1, 0.15) is 5.56 Å². The lowest BCUT2D eigenvalue weighted by Gasteiger charge is -2.07. The Balaban J connectivity index is 1.43. The van der Waals surface area contributed by atoms with Crippen LogP contribution in [0.5, 0.6) is 0 Å². The van der Waals surface area contributed by atoms with Crippen molar-refractivity contribution in [3.63, 3.8) is 0 Å². The molecule has 2 aliphatic heterocycles. The highest BCUT2D eigenvalue weighted by Crippen LogP contribution is 2.39. The molecule has 48 heavy (non-hydrogen) atoms. The third-order valence-corrected chi connectivity index (χ3v) is 10.0. The van der Waals surface area contributed by atoms with E-state index in [0.717, 1.165) is 65.6 Å². The fourth-order valence-electron chi connectivity index (χ4n) is 6.51. The van der Waals surface area contributed by atoms with Gasteiger partial charge in [-0.15, -0.1) is 0 Å². The summed E-state index contributed by atoms with van der Waals surface area (Å²) in [5, 5.41) is 3.83. The molecule has 3 aromatic heterocycles. The van der Waals surface area contributed by atoms with Gasteiger partial charge in [0.1, 0.15) is 11.3 Å². The Morgan fingerprint density at radius 1 is 0.438 bits per heavy atom. The highest BCUT2D eigenvalue weighted by atomic mass is 32.2. The number of hydrogen-bond acceptors (Lipinski definition) is 7. The topological polar surface area (TPSA) is 98.1 Å². The lowest BCUT2D eigenvalue weighted by molar-refractivity contribution is 1.17. The Morgan fingerprint density at radius 3 is 1.31 bits per heavy atom. The third kappa shape index (κ3) is 4.11. The molecule has 1 N–H and O–H groups in total. The first-order valence-electron chi connectivity index (χ1n) is 15.7. The molecule has 226 valence electrons. The number of rotatable bonds is 2. The van der Waals surface area contributed by atoms with Crippen molar-refractivity contribution in [3.8, 4) is 45.6 Å². The molecule has 0 fully saturated rings. The Kier molecular flexibility index (Phi) is 5.85. The lowest BCUT2D eigenvalue weighted by atomic mass is 10.1. The molecule has 5 aromatic carbocycles. The first-order chi connectivity index (χ1) is 23.7. The molecule has 0 saturated heterocycles. The minimum absolute atomic E-state index is 0.591. The summed E-state index contributed by atoms with van der Waals surface area (Å²) in [5.41, 5.74) is 7.69. The van der Waals surface area contributed by atoms with Gasteiger partial charge in [0.25, 0.3) is 0 Å². The largest absolute Gasteiger partial charge is 0.324 e. The predicted molar refractivity (Wildman–Crippen MR) is 192 cm³/mol. The molecule has 8 nitrogen and oxygen atoms in total. The van der Waals surface area contributed by atoms with Crippen LogP contribution in [-0.2, 0) is 0 Å². The van der Waals surface area contributed by atoms with E-state index < -0.39 is 0 Å². The zero-order chi connectivity index (χ0) is 31.8. The first-order valence-corrected chi connectivity index (χ1v) is 16.4. The van der Waals surface area contributed by atoms with Gasteiger partial charge in [-0.1, -0.05) is 115 Å². The van der Waals surface area contributed by atoms with Crippen LogP contribution >= 0.6 is 11.9 Å². The number of benzene rings is 5. The molecular weight excluding hydrogens is 613 g/mol. The van der Waals surface area contributed by atoms with E-state index in [1.807, 2.05) is 60.7 Å². The van der Waals surface area contributed by atoms with Crippen molar-refractivity contribution >= 4 is 56.1 Å². The fourth-order valence-corrected chi connectivity index (χ4v) is 7.51. The summed E-state index contributed by atoms with van der Waals surface area (Å²) < 4.78 is 2.12. The van der Waals surface area contributed by atoms with Gasteiger partial charge in [-0.25, -0.2) is 33.9 Å². The summed E-state index contributed by atoms with van der Waals surface area (Å²) in [6, 6.07) is 41.0. The molecule has 0 radical (unpaired) electrons. The monoisotopic (exact) mass is 636 g/mol. The number of nitrogens with one attached hydrogen (secondary N) is 1. The number of aryl methyl sites for hydroxylation is 1. The molecule has 10 rings (SSSR count). The molecule has 9 heteroatoms. The van der Waals surface area contributed by atoms with Crippen LogP contribution in [0.25, 0.3) is 89.7 Å². The first kappa shape index (κ1) is 27.0. The van der Waals surface area contributed by atoms with Gasteiger partial charge in [0.05, 0.1) is 0 Å². The van der Waals surface area contributed by atoms with Gasteiger partial charge in [0.15, 0.2) is 34.6 Å². The average Bonchev–Trinajstić information content (AvgIpc) is 3.84. The van der Waals surface area contributed by atoms with Crippen LogP contribution < -0.4 is 0 Å². The van der Waals surface area contributed by atoms with Gasteiger partial charge in [-0.3, -0.25) is 0 Å². The number of nitrogens with zero attached hydrogens (tertiary/aromatic N) is 7. The second-order valence-corrected chi connectivity index (χ2v) is 12.8. The van der Waals surface area contributed by atoms with E-state index in [9.17, 15) is 0 Å². The van der Waals surface area contributed by atoms with Crippen LogP contribution in [0.15, 0.2) is 126 Å². The normalized spacial score (nSPS) is 11.9. The molecule has 8 aromatic rings. The highest BCUT2D eigenvalue weighted by Gasteiger charge is 2.23. The van der Waals surface area contributed by atoms with Crippen molar-refractivity contribution in [2.75, 3.05) is 0 Å². The summed E-state index contributed by atoms with van der Waals surface area (Å²) >= 11 is 1.59. The molecule has 0 atom stereocenters.